The maximum Gasteiger partial charge on any atom is 0.143 e. The van der Waals surface area contributed by atoms with Crippen molar-refractivity contribution >= 4 is 64.8 Å². The van der Waals surface area contributed by atoms with Crippen LogP contribution in [0.25, 0.3) is 53.2 Å². The summed E-state index contributed by atoms with van der Waals surface area (Å²) in [5, 5.41) is 16.5. The highest BCUT2D eigenvalue weighted by Crippen LogP contribution is 2.44. The van der Waals surface area contributed by atoms with Crippen LogP contribution < -0.4 is 20.9 Å². The molecule has 6 heteroatoms. The first-order valence-electron chi connectivity index (χ1n) is 20.2. The van der Waals surface area contributed by atoms with Crippen LogP contribution in [0.4, 0.5) is 11.4 Å². The number of anilines is 2. The molecule has 0 bridgehead atoms. The van der Waals surface area contributed by atoms with E-state index in [1.807, 2.05) is 11.3 Å². The third kappa shape index (κ3) is 6.13. The number of furan rings is 1. The molecule has 1 aliphatic heterocycles. The predicted molar refractivity (Wildman–Crippen MR) is 242 cm³/mol. The van der Waals surface area contributed by atoms with E-state index in [1.165, 1.54) is 42.7 Å². The molecule has 3 N–H and O–H groups in total. The summed E-state index contributed by atoms with van der Waals surface area (Å²) in [6.45, 7) is 2.32. The zero-order chi connectivity index (χ0) is 38.6. The Hall–Kier alpha value is -6.28. The Bertz CT molecular complexity index is 2950. The Kier molecular flexibility index (Phi) is 8.78. The summed E-state index contributed by atoms with van der Waals surface area (Å²) in [4.78, 5) is 2.45. The summed E-state index contributed by atoms with van der Waals surface area (Å²) in [6, 6.07) is 58.9. The minimum absolute atomic E-state index is 0.0712. The van der Waals surface area contributed by atoms with Crippen molar-refractivity contribution in [1.82, 2.24) is 16.0 Å². The van der Waals surface area contributed by atoms with Gasteiger partial charge < -0.3 is 9.32 Å². The molecule has 2 aromatic heterocycles. The number of para-hydroxylation sites is 1. The predicted octanol–water partition coefficient (Wildman–Crippen LogP) is 13.4. The van der Waals surface area contributed by atoms with Gasteiger partial charge in [-0.1, -0.05) is 146 Å². The van der Waals surface area contributed by atoms with Gasteiger partial charge in [0.1, 0.15) is 11.2 Å². The van der Waals surface area contributed by atoms with Gasteiger partial charge in [-0.2, -0.15) is 0 Å². The Balaban J connectivity index is 1.00. The molecule has 0 radical (unpaired) electrons. The molecule has 1 saturated heterocycles. The van der Waals surface area contributed by atoms with Gasteiger partial charge in [0, 0.05) is 59.5 Å². The van der Waals surface area contributed by atoms with Gasteiger partial charge in [0.2, 0.25) is 0 Å². The van der Waals surface area contributed by atoms with E-state index in [0.717, 1.165) is 50.7 Å². The first kappa shape index (κ1) is 34.9. The molecule has 11 rings (SSSR count). The lowest BCUT2D eigenvalue weighted by Crippen LogP contribution is -2.54. The SMILES string of the molecule is CC1CC=CC=C1N(c1ccc(-c2ccc(C3NC(c4ccccc4)NC(c4ccccc4)N3)c3c2oc2ccccc23)cc1)c1ccc2c(c1)sc1ccccc12. The molecule has 3 unspecified atom stereocenters. The smallest absolute Gasteiger partial charge is 0.143 e. The highest BCUT2D eigenvalue weighted by atomic mass is 32.1. The van der Waals surface area contributed by atoms with Crippen LogP contribution in [-0.2, 0) is 0 Å². The van der Waals surface area contributed by atoms with E-state index >= 15 is 0 Å². The van der Waals surface area contributed by atoms with Crippen molar-refractivity contribution in [3.05, 3.63) is 204 Å². The van der Waals surface area contributed by atoms with Gasteiger partial charge in [0.25, 0.3) is 0 Å². The lowest BCUT2D eigenvalue weighted by Gasteiger charge is -2.40. The largest absolute Gasteiger partial charge is 0.455 e. The molecule has 3 heterocycles. The van der Waals surface area contributed by atoms with E-state index in [0.29, 0.717) is 5.92 Å². The summed E-state index contributed by atoms with van der Waals surface area (Å²) >= 11 is 1.86. The molecular weight excluding hydrogens is 729 g/mol. The van der Waals surface area contributed by atoms with Gasteiger partial charge in [-0.3, -0.25) is 16.0 Å². The van der Waals surface area contributed by atoms with Gasteiger partial charge in [0.15, 0.2) is 0 Å². The number of rotatable bonds is 7. The average Bonchev–Trinajstić information content (AvgIpc) is 3.86. The highest BCUT2D eigenvalue weighted by molar-refractivity contribution is 7.25. The molecule has 282 valence electrons. The molecule has 58 heavy (non-hydrogen) atoms. The van der Waals surface area contributed by atoms with E-state index in [2.05, 4.69) is 210 Å². The molecule has 1 fully saturated rings. The first-order valence-corrected chi connectivity index (χ1v) is 21.0. The van der Waals surface area contributed by atoms with Crippen molar-refractivity contribution in [2.75, 3.05) is 4.90 Å². The number of nitrogens with zero attached hydrogens (tertiary/aromatic N) is 1. The fraction of sp³-hybridized carbons (Fsp3) is 0.115. The number of hydrogen-bond acceptors (Lipinski definition) is 6. The second-order valence-electron chi connectivity index (χ2n) is 15.4. The fourth-order valence-electron chi connectivity index (χ4n) is 8.94. The van der Waals surface area contributed by atoms with Crippen LogP contribution in [0.5, 0.6) is 0 Å². The lowest BCUT2D eigenvalue weighted by molar-refractivity contribution is 0.204. The van der Waals surface area contributed by atoms with Gasteiger partial charge in [-0.25, -0.2) is 0 Å². The Morgan fingerprint density at radius 3 is 1.97 bits per heavy atom. The molecule has 0 spiro atoms. The zero-order valence-corrected chi connectivity index (χ0v) is 32.9. The Morgan fingerprint density at radius 1 is 0.586 bits per heavy atom. The minimum atomic E-state index is -0.164. The fourth-order valence-corrected chi connectivity index (χ4v) is 10.1. The van der Waals surface area contributed by atoms with Gasteiger partial charge in [0.05, 0.1) is 18.5 Å². The number of thiophene rings is 1. The number of benzene rings is 7. The van der Waals surface area contributed by atoms with Crippen molar-refractivity contribution in [2.24, 2.45) is 5.92 Å². The van der Waals surface area contributed by atoms with Crippen LogP contribution >= 0.6 is 11.3 Å². The van der Waals surface area contributed by atoms with Gasteiger partial charge in [-0.05, 0) is 71.1 Å². The van der Waals surface area contributed by atoms with Crippen LogP contribution in [0.2, 0.25) is 0 Å². The maximum absolute atomic E-state index is 6.82. The average molecular weight is 771 g/mol. The number of allylic oxidation sites excluding steroid dienone is 4. The number of nitrogens with one attached hydrogen (secondary N) is 3. The summed E-state index contributed by atoms with van der Waals surface area (Å²) in [5.74, 6) is 0.380. The standard InChI is InChI=1S/C52H42N4OS/c1-33-14-8-11-21-44(33)56(38-28-29-41-40-19-10-13-23-46(40)58-47(41)32-38)37-26-24-34(25-27-37)39-30-31-43(48-42-20-9-12-22-45(42)57-49(39)48)52-54-50(35-15-4-2-5-16-35)53-51(55-52)36-17-6-3-7-18-36/h2-13,15-33,50-55H,14H2,1H3. The molecule has 7 aromatic carbocycles. The van der Waals surface area contributed by atoms with Crippen LogP contribution in [0.3, 0.4) is 0 Å². The molecule has 2 aliphatic rings. The second kappa shape index (κ2) is 14.6. The second-order valence-corrected chi connectivity index (χ2v) is 16.5. The molecule has 0 saturated carbocycles. The molecular formula is C52H42N4OS. The summed E-state index contributed by atoms with van der Waals surface area (Å²) in [7, 11) is 0. The first-order chi connectivity index (χ1) is 28.7. The zero-order valence-electron chi connectivity index (χ0n) is 32.1. The van der Waals surface area contributed by atoms with Crippen molar-refractivity contribution in [3.63, 3.8) is 0 Å². The quantitative estimate of drug-likeness (QED) is 0.151. The Labute approximate surface area is 341 Å². The lowest BCUT2D eigenvalue weighted by atomic mass is 9.95. The third-order valence-corrected chi connectivity index (χ3v) is 13.0. The molecule has 9 aromatic rings. The van der Waals surface area contributed by atoms with Crippen LogP contribution in [0.15, 0.2) is 192 Å². The Morgan fingerprint density at radius 2 is 1.22 bits per heavy atom. The van der Waals surface area contributed by atoms with E-state index in [1.54, 1.807) is 0 Å². The van der Waals surface area contributed by atoms with Gasteiger partial charge >= 0.3 is 0 Å². The number of hydrogen-bond donors (Lipinski definition) is 3. The van der Waals surface area contributed by atoms with Crippen LogP contribution in [-0.4, -0.2) is 0 Å². The normalized spacial score (nSPS) is 19.6. The van der Waals surface area contributed by atoms with Crippen molar-refractivity contribution in [3.8, 4) is 11.1 Å². The van der Waals surface area contributed by atoms with Crippen LogP contribution in [0.1, 0.15) is 48.5 Å². The third-order valence-electron chi connectivity index (χ3n) is 11.8. The van der Waals surface area contributed by atoms with Crippen molar-refractivity contribution in [2.45, 2.75) is 31.8 Å². The monoisotopic (exact) mass is 770 g/mol. The molecule has 0 amide bonds. The van der Waals surface area contributed by atoms with Gasteiger partial charge in [-0.15, -0.1) is 11.3 Å². The van der Waals surface area contributed by atoms with E-state index < -0.39 is 0 Å². The molecule has 3 atom stereocenters. The van der Waals surface area contributed by atoms with Crippen molar-refractivity contribution < 1.29 is 4.42 Å². The maximum atomic E-state index is 6.82. The summed E-state index contributed by atoms with van der Waals surface area (Å²) in [6.07, 6.45) is 7.46. The number of fused-ring (bicyclic) bond motifs is 6. The molecule has 5 nitrogen and oxygen atoms in total. The highest BCUT2D eigenvalue weighted by Gasteiger charge is 2.32. The van der Waals surface area contributed by atoms with E-state index in [4.69, 9.17) is 4.42 Å². The topological polar surface area (TPSA) is 52.5 Å². The van der Waals surface area contributed by atoms with E-state index in [-0.39, 0.29) is 18.5 Å². The van der Waals surface area contributed by atoms with Crippen LogP contribution in [0, 0.1) is 5.92 Å². The minimum Gasteiger partial charge on any atom is -0.455 e. The van der Waals surface area contributed by atoms with E-state index in [9.17, 15) is 0 Å². The molecule has 1 aliphatic carbocycles. The van der Waals surface area contributed by atoms with Crippen molar-refractivity contribution in [1.29, 1.82) is 0 Å². The summed E-state index contributed by atoms with van der Waals surface area (Å²) in [5.41, 5.74) is 11.1. The summed E-state index contributed by atoms with van der Waals surface area (Å²) < 4.78 is 9.44.